The topological polar surface area (TPSA) is 44.5 Å². The first-order chi connectivity index (χ1) is 9.20. The van der Waals surface area contributed by atoms with Crippen LogP contribution in [-0.4, -0.2) is 19.3 Å². The van der Waals surface area contributed by atoms with E-state index in [4.69, 9.17) is 15.2 Å². The van der Waals surface area contributed by atoms with Gasteiger partial charge in [-0.1, -0.05) is 13.3 Å². The lowest BCUT2D eigenvalue weighted by Crippen LogP contribution is -2.19. The van der Waals surface area contributed by atoms with Crippen molar-refractivity contribution in [3.8, 4) is 11.5 Å². The van der Waals surface area contributed by atoms with Gasteiger partial charge in [0.25, 0.3) is 0 Å². The molecular formula is C15H22FNO2. The van der Waals surface area contributed by atoms with E-state index >= 15 is 0 Å². The summed E-state index contributed by atoms with van der Waals surface area (Å²) in [7, 11) is 0. The summed E-state index contributed by atoms with van der Waals surface area (Å²) in [5.41, 5.74) is 6.65. The summed E-state index contributed by atoms with van der Waals surface area (Å²) in [4.78, 5) is 0. The Balaban J connectivity index is 1.93. The molecule has 0 amide bonds. The van der Waals surface area contributed by atoms with Crippen LogP contribution in [0.3, 0.4) is 0 Å². The maximum atomic E-state index is 13.9. The summed E-state index contributed by atoms with van der Waals surface area (Å²) >= 11 is 0. The molecule has 1 atom stereocenters. The van der Waals surface area contributed by atoms with Crippen LogP contribution < -0.4 is 15.2 Å². The summed E-state index contributed by atoms with van der Waals surface area (Å²) in [5, 5.41) is 0. The van der Waals surface area contributed by atoms with Crippen LogP contribution in [0, 0.1) is 5.82 Å². The van der Waals surface area contributed by atoms with E-state index in [0.717, 1.165) is 25.7 Å². The highest BCUT2D eigenvalue weighted by molar-refractivity contribution is 5.44. The number of rotatable bonds is 6. The Labute approximate surface area is 113 Å². The van der Waals surface area contributed by atoms with Crippen LogP contribution in [0.5, 0.6) is 11.5 Å². The molecule has 0 saturated carbocycles. The molecule has 1 aromatic carbocycles. The maximum absolute atomic E-state index is 13.9. The van der Waals surface area contributed by atoms with Crippen molar-refractivity contribution in [3.63, 3.8) is 0 Å². The maximum Gasteiger partial charge on any atom is 0.164 e. The lowest BCUT2D eigenvalue weighted by atomic mass is 10.0. The molecule has 3 nitrogen and oxygen atoms in total. The van der Waals surface area contributed by atoms with E-state index in [1.54, 1.807) is 6.07 Å². The van der Waals surface area contributed by atoms with E-state index in [2.05, 4.69) is 6.92 Å². The molecule has 0 spiro atoms. The lowest BCUT2D eigenvalue weighted by molar-refractivity contribution is 0.170. The van der Waals surface area contributed by atoms with Crippen LogP contribution in [0.25, 0.3) is 0 Å². The van der Waals surface area contributed by atoms with Gasteiger partial charge in [0.2, 0.25) is 0 Å². The highest BCUT2D eigenvalue weighted by atomic mass is 19.1. The number of fused-ring (bicyclic) bond motifs is 1. The summed E-state index contributed by atoms with van der Waals surface area (Å²) < 4.78 is 24.7. The number of halogens is 1. The Kier molecular flexibility index (Phi) is 5.02. The molecular weight excluding hydrogens is 245 g/mol. The highest BCUT2D eigenvalue weighted by Gasteiger charge is 2.15. The number of benzene rings is 1. The van der Waals surface area contributed by atoms with Gasteiger partial charge in [-0.15, -0.1) is 0 Å². The summed E-state index contributed by atoms with van der Waals surface area (Å²) in [6.45, 7) is 3.14. The fourth-order valence-electron chi connectivity index (χ4n) is 2.37. The van der Waals surface area contributed by atoms with Crippen molar-refractivity contribution in [1.29, 1.82) is 0 Å². The molecule has 1 unspecified atom stereocenters. The molecule has 1 heterocycles. The van der Waals surface area contributed by atoms with Crippen molar-refractivity contribution in [2.75, 3.05) is 13.2 Å². The SMILES string of the molecule is CCCC(N)CCCc1cc2c(cc1F)OCCO2. The van der Waals surface area contributed by atoms with Crippen LogP contribution in [0.2, 0.25) is 0 Å². The first-order valence-corrected chi connectivity index (χ1v) is 7.04. The molecule has 4 heteroatoms. The third-order valence-electron chi connectivity index (χ3n) is 3.39. The quantitative estimate of drug-likeness (QED) is 0.861. The molecule has 0 fully saturated rings. The molecule has 0 aromatic heterocycles. The lowest BCUT2D eigenvalue weighted by Gasteiger charge is -2.19. The van der Waals surface area contributed by atoms with Gasteiger partial charge in [0.05, 0.1) is 0 Å². The molecule has 106 valence electrons. The Hall–Kier alpha value is -1.29. The minimum atomic E-state index is -0.215. The van der Waals surface area contributed by atoms with Crippen molar-refractivity contribution < 1.29 is 13.9 Å². The van der Waals surface area contributed by atoms with Gasteiger partial charge in [-0.3, -0.25) is 0 Å². The van der Waals surface area contributed by atoms with E-state index in [9.17, 15) is 4.39 Å². The van der Waals surface area contributed by atoms with Crippen molar-refractivity contribution in [3.05, 3.63) is 23.5 Å². The van der Waals surface area contributed by atoms with E-state index in [-0.39, 0.29) is 11.9 Å². The number of nitrogens with two attached hydrogens (primary N) is 1. The monoisotopic (exact) mass is 267 g/mol. The standard InChI is InChI=1S/C15H22FNO2/c1-2-4-12(17)6-3-5-11-9-14-15(10-13(11)16)19-8-7-18-14/h9-10,12H,2-8,17H2,1H3. The predicted molar refractivity (Wildman–Crippen MR) is 73.2 cm³/mol. The van der Waals surface area contributed by atoms with Crippen molar-refractivity contribution in [2.24, 2.45) is 5.73 Å². The second-order valence-corrected chi connectivity index (χ2v) is 5.03. The van der Waals surface area contributed by atoms with E-state index in [0.29, 0.717) is 36.7 Å². The molecule has 1 aliphatic heterocycles. The molecule has 2 rings (SSSR count). The van der Waals surface area contributed by atoms with Gasteiger partial charge in [0.1, 0.15) is 19.0 Å². The Bertz CT molecular complexity index is 423. The molecule has 1 aliphatic rings. The zero-order valence-corrected chi connectivity index (χ0v) is 11.5. The van der Waals surface area contributed by atoms with Crippen molar-refractivity contribution in [2.45, 2.75) is 45.1 Å². The van der Waals surface area contributed by atoms with Crippen LogP contribution in [-0.2, 0) is 6.42 Å². The predicted octanol–water partition coefficient (Wildman–Crippen LogP) is 3.05. The smallest absolute Gasteiger partial charge is 0.164 e. The zero-order valence-electron chi connectivity index (χ0n) is 11.5. The van der Waals surface area contributed by atoms with Crippen LogP contribution in [0.15, 0.2) is 12.1 Å². The second kappa shape index (κ2) is 6.75. The molecule has 0 saturated heterocycles. The van der Waals surface area contributed by atoms with E-state index < -0.39 is 0 Å². The second-order valence-electron chi connectivity index (χ2n) is 5.03. The van der Waals surface area contributed by atoms with Gasteiger partial charge >= 0.3 is 0 Å². The number of ether oxygens (including phenoxy) is 2. The van der Waals surface area contributed by atoms with E-state index in [1.807, 2.05) is 0 Å². The zero-order chi connectivity index (χ0) is 13.7. The van der Waals surface area contributed by atoms with Crippen molar-refractivity contribution in [1.82, 2.24) is 0 Å². The van der Waals surface area contributed by atoms with Crippen LogP contribution >= 0.6 is 0 Å². The molecule has 0 aliphatic carbocycles. The molecule has 19 heavy (non-hydrogen) atoms. The van der Waals surface area contributed by atoms with Crippen LogP contribution in [0.4, 0.5) is 4.39 Å². The first-order valence-electron chi connectivity index (χ1n) is 7.04. The van der Waals surface area contributed by atoms with Gasteiger partial charge in [-0.05, 0) is 37.3 Å². The fraction of sp³-hybridized carbons (Fsp3) is 0.600. The summed E-state index contributed by atoms with van der Waals surface area (Å²) in [6.07, 6.45) is 4.66. The average molecular weight is 267 g/mol. The Morgan fingerprint density at radius 1 is 1.21 bits per heavy atom. The normalized spacial score (nSPS) is 15.3. The largest absolute Gasteiger partial charge is 0.486 e. The third-order valence-corrected chi connectivity index (χ3v) is 3.39. The number of hydrogen-bond donors (Lipinski definition) is 1. The van der Waals surface area contributed by atoms with E-state index in [1.165, 1.54) is 6.07 Å². The average Bonchev–Trinajstić information content (AvgIpc) is 2.39. The Morgan fingerprint density at radius 3 is 2.58 bits per heavy atom. The van der Waals surface area contributed by atoms with Gasteiger partial charge in [-0.25, -0.2) is 4.39 Å². The molecule has 0 bridgehead atoms. The third kappa shape index (κ3) is 3.83. The minimum Gasteiger partial charge on any atom is -0.486 e. The summed E-state index contributed by atoms with van der Waals surface area (Å²) in [5.74, 6) is 0.948. The minimum absolute atomic E-state index is 0.215. The summed E-state index contributed by atoms with van der Waals surface area (Å²) in [6, 6.07) is 3.41. The Morgan fingerprint density at radius 2 is 1.89 bits per heavy atom. The fourth-order valence-corrected chi connectivity index (χ4v) is 2.37. The number of aryl methyl sites for hydroxylation is 1. The van der Waals surface area contributed by atoms with Gasteiger partial charge in [0, 0.05) is 12.1 Å². The van der Waals surface area contributed by atoms with Gasteiger partial charge in [-0.2, -0.15) is 0 Å². The molecule has 2 N–H and O–H groups in total. The van der Waals surface area contributed by atoms with Gasteiger partial charge < -0.3 is 15.2 Å². The molecule has 1 aromatic rings. The highest BCUT2D eigenvalue weighted by Crippen LogP contribution is 2.33. The first kappa shape index (κ1) is 14.1. The van der Waals surface area contributed by atoms with Crippen molar-refractivity contribution >= 4 is 0 Å². The van der Waals surface area contributed by atoms with Gasteiger partial charge in [0.15, 0.2) is 11.5 Å². The number of hydrogen-bond acceptors (Lipinski definition) is 3. The molecule has 0 radical (unpaired) electrons. The van der Waals surface area contributed by atoms with Crippen LogP contribution in [0.1, 0.15) is 38.2 Å².